The second-order valence-corrected chi connectivity index (χ2v) is 7.06. The molecule has 0 aliphatic heterocycles. The van der Waals surface area contributed by atoms with Crippen molar-refractivity contribution in [2.75, 3.05) is 6.61 Å². The van der Waals surface area contributed by atoms with E-state index in [2.05, 4.69) is 25.8 Å². The fraction of sp³-hybridized carbons (Fsp3) is 0.286. The average molecular weight is 349 g/mol. The molecule has 0 fully saturated rings. The van der Waals surface area contributed by atoms with Gasteiger partial charge in [-0.3, -0.25) is 19.3 Å². The first-order valence-electron chi connectivity index (χ1n) is 8.68. The molecule has 26 heavy (non-hydrogen) atoms. The lowest BCUT2D eigenvalue weighted by Crippen LogP contribution is -2.17. The van der Waals surface area contributed by atoms with Gasteiger partial charge in [0.1, 0.15) is 5.75 Å². The van der Waals surface area contributed by atoms with Crippen LogP contribution in [0, 0.1) is 0 Å². The average Bonchev–Trinajstić information content (AvgIpc) is 2.62. The summed E-state index contributed by atoms with van der Waals surface area (Å²) in [5, 5.41) is 0. The molecule has 0 aliphatic carbocycles. The van der Waals surface area contributed by atoms with E-state index in [0.29, 0.717) is 12.4 Å². The minimum Gasteiger partial charge on any atom is -0.494 e. The summed E-state index contributed by atoms with van der Waals surface area (Å²) in [6.07, 6.45) is 3.41. The molecule has 3 aromatic heterocycles. The predicted molar refractivity (Wildman–Crippen MR) is 103 cm³/mol. The van der Waals surface area contributed by atoms with E-state index in [-0.39, 0.29) is 11.0 Å². The fourth-order valence-electron chi connectivity index (χ4n) is 2.63. The van der Waals surface area contributed by atoms with Gasteiger partial charge in [0.25, 0.3) is 5.56 Å². The third-order valence-electron chi connectivity index (χ3n) is 4.00. The van der Waals surface area contributed by atoms with Gasteiger partial charge in [0.15, 0.2) is 0 Å². The standard InChI is InChI=1S/C21H23N3O2/c1-5-26-16-10-12-24(20(25)14-16)15-9-11-22-18(13-15)17-7-6-8-19(23-17)21(2,3)4/h6-14H,5H2,1-4H3. The Morgan fingerprint density at radius 2 is 1.88 bits per heavy atom. The highest BCUT2D eigenvalue weighted by Gasteiger charge is 2.16. The van der Waals surface area contributed by atoms with E-state index >= 15 is 0 Å². The van der Waals surface area contributed by atoms with Crippen LogP contribution in [-0.2, 0) is 5.41 Å². The molecular formula is C21H23N3O2. The normalized spacial score (nSPS) is 11.4. The lowest BCUT2D eigenvalue weighted by atomic mass is 9.91. The zero-order valence-corrected chi connectivity index (χ0v) is 15.6. The van der Waals surface area contributed by atoms with Gasteiger partial charge in [-0.15, -0.1) is 0 Å². The Balaban J connectivity index is 2.01. The summed E-state index contributed by atoms with van der Waals surface area (Å²) in [4.78, 5) is 21.6. The van der Waals surface area contributed by atoms with Crippen LogP contribution in [-0.4, -0.2) is 21.1 Å². The van der Waals surface area contributed by atoms with E-state index in [9.17, 15) is 4.79 Å². The molecule has 0 atom stereocenters. The second-order valence-electron chi connectivity index (χ2n) is 7.06. The maximum atomic E-state index is 12.4. The third-order valence-corrected chi connectivity index (χ3v) is 4.00. The smallest absolute Gasteiger partial charge is 0.258 e. The molecule has 0 amide bonds. The van der Waals surface area contributed by atoms with E-state index < -0.39 is 0 Å². The van der Waals surface area contributed by atoms with Crippen LogP contribution >= 0.6 is 0 Å². The molecule has 134 valence electrons. The molecule has 3 rings (SSSR count). The van der Waals surface area contributed by atoms with Gasteiger partial charge in [-0.25, -0.2) is 0 Å². The van der Waals surface area contributed by atoms with Crippen LogP contribution in [0.2, 0.25) is 0 Å². The number of aromatic nitrogens is 3. The lowest BCUT2D eigenvalue weighted by molar-refractivity contribution is 0.339. The van der Waals surface area contributed by atoms with E-state index in [1.807, 2.05) is 31.2 Å². The molecule has 0 radical (unpaired) electrons. The van der Waals surface area contributed by atoms with Crippen LogP contribution in [0.15, 0.2) is 59.7 Å². The maximum absolute atomic E-state index is 12.4. The zero-order chi connectivity index (χ0) is 18.7. The number of rotatable bonds is 4. The first-order valence-corrected chi connectivity index (χ1v) is 8.68. The summed E-state index contributed by atoms with van der Waals surface area (Å²) in [6.45, 7) is 8.80. The van der Waals surface area contributed by atoms with Crippen LogP contribution in [0.4, 0.5) is 0 Å². The summed E-state index contributed by atoms with van der Waals surface area (Å²) in [5.74, 6) is 0.572. The molecule has 0 saturated heterocycles. The Hall–Kier alpha value is -2.95. The highest BCUT2D eigenvalue weighted by atomic mass is 16.5. The Kier molecular flexibility index (Phi) is 4.89. The molecule has 0 saturated carbocycles. The summed E-state index contributed by atoms with van der Waals surface area (Å²) >= 11 is 0. The molecule has 3 heterocycles. The van der Waals surface area contributed by atoms with Crippen molar-refractivity contribution in [1.29, 1.82) is 0 Å². The number of nitrogens with zero attached hydrogens (tertiary/aromatic N) is 3. The molecule has 5 heteroatoms. The molecule has 3 aromatic rings. The maximum Gasteiger partial charge on any atom is 0.258 e. The third kappa shape index (κ3) is 3.82. The van der Waals surface area contributed by atoms with Crippen molar-refractivity contribution in [3.8, 4) is 22.8 Å². The first-order chi connectivity index (χ1) is 12.4. The van der Waals surface area contributed by atoms with Crippen LogP contribution in [0.5, 0.6) is 5.75 Å². The fourth-order valence-corrected chi connectivity index (χ4v) is 2.63. The Labute approximate surface area is 153 Å². The van der Waals surface area contributed by atoms with Gasteiger partial charge in [-0.1, -0.05) is 26.8 Å². The molecule has 0 spiro atoms. The van der Waals surface area contributed by atoms with Crippen LogP contribution in [0.3, 0.4) is 0 Å². The zero-order valence-electron chi connectivity index (χ0n) is 15.6. The largest absolute Gasteiger partial charge is 0.494 e. The van der Waals surface area contributed by atoms with E-state index in [0.717, 1.165) is 22.8 Å². The highest BCUT2D eigenvalue weighted by Crippen LogP contribution is 2.24. The Bertz CT molecular complexity index is 971. The molecule has 0 unspecified atom stereocenters. The Morgan fingerprint density at radius 3 is 2.58 bits per heavy atom. The van der Waals surface area contributed by atoms with E-state index in [1.165, 1.54) is 6.07 Å². The SMILES string of the molecule is CCOc1ccn(-c2ccnc(-c3cccc(C(C)(C)C)n3)c2)c(=O)c1. The number of ether oxygens (including phenoxy) is 1. The number of hydrogen-bond donors (Lipinski definition) is 0. The molecule has 0 aromatic carbocycles. The second kappa shape index (κ2) is 7.12. The van der Waals surface area contributed by atoms with Crippen molar-refractivity contribution in [3.05, 3.63) is 70.9 Å². The van der Waals surface area contributed by atoms with Crippen LogP contribution < -0.4 is 10.3 Å². The number of hydrogen-bond acceptors (Lipinski definition) is 4. The molecule has 0 N–H and O–H groups in total. The quantitative estimate of drug-likeness (QED) is 0.715. The van der Waals surface area contributed by atoms with Crippen molar-refractivity contribution in [1.82, 2.24) is 14.5 Å². The lowest BCUT2D eigenvalue weighted by Gasteiger charge is -2.18. The molecule has 0 bridgehead atoms. The number of pyridine rings is 3. The van der Waals surface area contributed by atoms with Gasteiger partial charge in [0.2, 0.25) is 0 Å². The van der Waals surface area contributed by atoms with Gasteiger partial charge in [-0.05, 0) is 37.3 Å². The van der Waals surface area contributed by atoms with Gasteiger partial charge in [0, 0.05) is 29.6 Å². The van der Waals surface area contributed by atoms with Crippen LogP contribution in [0.25, 0.3) is 17.1 Å². The summed E-state index contributed by atoms with van der Waals surface area (Å²) in [5.41, 5.74) is 3.07. The van der Waals surface area contributed by atoms with Crippen molar-refractivity contribution in [2.45, 2.75) is 33.1 Å². The van der Waals surface area contributed by atoms with Crippen LogP contribution in [0.1, 0.15) is 33.4 Å². The summed E-state index contributed by atoms with van der Waals surface area (Å²) in [6, 6.07) is 12.9. The van der Waals surface area contributed by atoms with Gasteiger partial charge < -0.3 is 4.74 Å². The molecule has 0 aliphatic rings. The van der Waals surface area contributed by atoms with E-state index in [4.69, 9.17) is 9.72 Å². The highest BCUT2D eigenvalue weighted by molar-refractivity contribution is 5.57. The van der Waals surface area contributed by atoms with Crippen molar-refractivity contribution < 1.29 is 4.74 Å². The van der Waals surface area contributed by atoms with Gasteiger partial charge in [0.05, 0.1) is 23.7 Å². The summed E-state index contributed by atoms with van der Waals surface area (Å²) < 4.78 is 6.95. The topological polar surface area (TPSA) is 57.0 Å². The van der Waals surface area contributed by atoms with Crippen molar-refractivity contribution >= 4 is 0 Å². The minimum absolute atomic E-state index is 0.0420. The first kappa shape index (κ1) is 17.9. The van der Waals surface area contributed by atoms with Crippen molar-refractivity contribution in [2.24, 2.45) is 0 Å². The molecular weight excluding hydrogens is 326 g/mol. The van der Waals surface area contributed by atoms with Gasteiger partial charge >= 0.3 is 0 Å². The monoisotopic (exact) mass is 349 g/mol. The minimum atomic E-state index is -0.149. The predicted octanol–water partition coefficient (Wildman–Crippen LogP) is 3.99. The molecule has 5 nitrogen and oxygen atoms in total. The summed E-state index contributed by atoms with van der Waals surface area (Å²) in [7, 11) is 0. The van der Waals surface area contributed by atoms with Gasteiger partial charge in [-0.2, -0.15) is 0 Å². The van der Waals surface area contributed by atoms with E-state index in [1.54, 1.807) is 29.1 Å². The van der Waals surface area contributed by atoms with Crippen molar-refractivity contribution in [3.63, 3.8) is 0 Å². The Morgan fingerprint density at radius 1 is 1.08 bits per heavy atom.